The number of rotatable bonds is 4. The molecule has 0 saturated carbocycles. The molecule has 1 saturated heterocycles. The third-order valence-corrected chi connectivity index (χ3v) is 3.46. The summed E-state index contributed by atoms with van der Waals surface area (Å²) < 4.78 is 5.36. The Morgan fingerprint density at radius 1 is 1.25 bits per heavy atom. The van der Waals surface area contributed by atoms with E-state index in [0.717, 1.165) is 11.4 Å². The average Bonchev–Trinajstić information content (AvgIpc) is 2.45. The van der Waals surface area contributed by atoms with Crippen molar-refractivity contribution in [1.29, 1.82) is 0 Å². The van der Waals surface area contributed by atoms with Crippen LogP contribution in [0.1, 0.15) is 12.5 Å². The van der Waals surface area contributed by atoms with Gasteiger partial charge in [0, 0.05) is 6.07 Å². The van der Waals surface area contributed by atoms with Crippen molar-refractivity contribution < 1.29 is 9.84 Å². The summed E-state index contributed by atoms with van der Waals surface area (Å²) in [5.41, 5.74) is 0.146. The highest BCUT2D eigenvalue weighted by Gasteiger charge is 2.43. The molecule has 0 aliphatic carbocycles. The van der Waals surface area contributed by atoms with Gasteiger partial charge in [-0.25, -0.2) is 9.97 Å². The van der Waals surface area contributed by atoms with Crippen molar-refractivity contribution in [3.63, 3.8) is 0 Å². The standard InChI is InChI=1S/C15H17N3O2/c1-2-20-14-8-13(16-11-17-14)18-9-15(19,10-18)12-6-4-3-5-7-12/h3-8,11,19H,2,9-10H2,1H3. The Morgan fingerprint density at radius 3 is 2.70 bits per heavy atom. The van der Waals surface area contributed by atoms with Gasteiger partial charge in [0.2, 0.25) is 5.88 Å². The fourth-order valence-electron chi connectivity index (χ4n) is 2.41. The van der Waals surface area contributed by atoms with Gasteiger partial charge in [0.05, 0.1) is 19.7 Å². The zero-order chi connectivity index (χ0) is 14.0. The van der Waals surface area contributed by atoms with Crippen LogP contribution in [0.15, 0.2) is 42.7 Å². The van der Waals surface area contributed by atoms with Crippen LogP contribution in [0.2, 0.25) is 0 Å². The second kappa shape index (κ2) is 5.09. The Labute approximate surface area is 117 Å². The van der Waals surface area contributed by atoms with E-state index in [1.54, 1.807) is 6.07 Å². The van der Waals surface area contributed by atoms with Crippen LogP contribution in [0.3, 0.4) is 0 Å². The van der Waals surface area contributed by atoms with Crippen LogP contribution in [0.5, 0.6) is 5.88 Å². The Morgan fingerprint density at radius 2 is 2.00 bits per heavy atom. The van der Waals surface area contributed by atoms with E-state index in [1.807, 2.05) is 42.2 Å². The van der Waals surface area contributed by atoms with Gasteiger partial charge in [-0.2, -0.15) is 0 Å². The molecule has 0 spiro atoms. The van der Waals surface area contributed by atoms with Crippen LogP contribution in [0.25, 0.3) is 0 Å². The summed E-state index contributed by atoms with van der Waals surface area (Å²) in [4.78, 5) is 10.3. The van der Waals surface area contributed by atoms with Gasteiger partial charge in [-0.1, -0.05) is 30.3 Å². The van der Waals surface area contributed by atoms with Crippen molar-refractivity contribution in [3.8, 4) is 5.88 Å². The molecule has 1 fully saturated rings. The third-order valence-electron chi connectivity index (χ3n) is 3.46. The molecule has 2 aromatic rings. The van der Waals surface area contributed by atoms with E-state index >= 15 is 0 Å². The molecule has 20 heavy (non-hydrogen) atoms. The summed E-state index contributed by atoms with van der Waals surface area (Å²) in [6.07, 6.45) is 1.49. The Kier molecular flexibility index (Phi) is 3.28. The molecule has 3 rings (SSSR count). The molecule has 1 aliphatic heterocycles. The van der Waals surface area contributed by atoms with Crippen LogP contribution in [0.4, 0.5) is 5.82 Å². The number of ether oxygens (including phenoxy) is 1. The lowest BCUT2D eigenvalue weighted by molar-refractivity contribution is 0.00700. The zero-order valence-electron chi connectivity index (χ0n) is 11.4. The molecule has 0 bridgehead atoms. The summed E-state index contributed by atoms with van der Waals surface area (Å²) in [5.74, 6) is 1.34. The molecule has 0 amide bonds. The van der Waals surface area contributed by atoms with Gasteiger partial charge in [0.25, 0.3) is 0 Å². The van der Waals surface area contributed by atoms with Crippen LogP contribution in [0, 0.1) is 0 Å². The highest BCUT2D eigenvalue weighted by atomic mass is 16.5. The summed E-state index contributed by atoms with van der Waals surface area (Å²) in [5, 5.41) is 10.6. The minimum Gasteiger partial charge on any atom is -0.478 e. The number of β-amino-alcohol motifs (C(OH)–C–C–N with tert-alkyl or cyclic N) is 1. The summed E-state index contributed by atoms with van der Waals surface area (Å²) >= 11 is 0. The molecule has 1 aromatic carbocycles. The van der Waals surface area contributed by atoms with Gasteiger partial charge >= 0.3 is 0 Å². The van der Waals surface area contributed by atoms with E-state index < -0.39 is 5.60 Å². The number of nitrogens with zero attached hydrogens (tertiary/aromatic N) is 3. The van der Waals surface area contributed by atoms with Crippen LogP contribution in [-0.2, 0) is 5.60 Å². The van der Waals surface area contributed by atoms with Crippen molar-refractivity contribution >= 4 is 5.82 Å². The van der Waals surface area contributed by atoms with Gasteiger partial charge in [-0.05, 0) is 12.5 Å². The molecule has 0 unspecified atom stereocenters. The van der Waals surface area contributed by atoms with Gasteiger partial charge in [0.1, 0.15) is 17.7 Å². The van der Waals surface area contributed by atoms with Gasteiger partial charge in [0.15, 0.2) is 0 Å². The molecule has 2 heterocycles. The van der Waals surface area contributed by atoms with Crippen molar-refractivity contribution in [1.82, 2.24) is 9.97 Å². The van der Waals surface area contributed by atoms with E-state index in [0.29, 0.717) is 25.6 Å². The summed E-state index contributed by atoms with van der Waals surface area (Å²) in [6, 6.07) is 11.5. The van der Waals surface area contributed by atoms with Crippen molar-refractivity contribution in [2.24, 2.45) is 0 Å². The maximum Gasteiger partial charge on any atom is 0.218 e. The molecule has 104 valence electrons. The first-order valence-electron chi connectivity index (χ1n) is 6.69. The number of aromatic nitrogens is 2. The predicted octanol–water partition coefficient (Wildman–Crippen LogP) is 1.58. The minimum atomic E-state index is -0.794. The minimum absolute atomic E-state index is 0.527. The lowest BCUT2D eigenvalue weighted by atomic mass is 9.86. The van der Waals surface area contributed by atoms with E-state index in [9.17, 15) is 5.11 Å². The first-order chi connectivity index (χ1) is 9.71. The second-order valence-electron chi connectivity index (χ2n) is 4.90. The Bertz CT molecular complexity index is 583. The predicted molar refractivity (Wildman–Crippen MR) is 75.8 cm³/mol. The van der Waals surface area contributed by atoms with E-state index in [2.05, 4.69) is 9.97 Å². The first kappa shape index (κ1) is 12.9. The quantitative estimate of drug-likeness (QED) is 0.915. The summed E-state index contributed by atoms with van der Waals surface area (Å²) in [7, 11) is 0. The topological polar surface area (TPSA) is 58.5 Å². The maximum atomic E-state index is 10.6. The Hall–Kier alpha value is -2.14. The lowest BCUT2D eigenvalue weighted by Gasteiger charge is -2.47. The monoisotopic (exact) mass is 271 g/mol. The molecule has 1 N–H and O–H groups in total. The van der Waals surface area contributed by atoms with E-state index in [1.165, 1.54) is 6.33 Å². The molecule has 5 nitrogen and oxygen atoms in total. The molecule has 5 heteroatoms. The maximum absolute atomic E-state index is 10.6. The van der Waals surface area contributed by atoms with Crippen molar-refractivity contribution in [2.75, 3.05) is 24.6 Å². The van der Waals surface area contributed by atoms with Crippen LogP contribution in [-0.4, -0.2) is 34.8 Å². The average molecular weight is 271 g/mol. The first-order valence-corrected chi connectivity index (χ1v) is 6.69. The fraction of sp³-hybridized carbons (Fsp3) is 0.333. The molecular weight excluding hydrogens is 254 g/mol. The third kappa shape index (κ3) is 2.32. The Balaban J connectivity index is 1.72. The lowest BCUT2D eigenvalue weighted by Crippen LogP contribution is -2.59. The highest BCUT2D eigenvalue weighted by molar-refractivity contribution is 5.47. The largest absolute Gasteiger partial charge is 0.478 e. The summed E-state index contributed by atoms with van der Waals surface area (Å²) in [6.45, 7) is 3.54. The SMILES string of the molecule is CCOc1cc(N2CC(O)(c3ccccc3)C2)ncn1. The number of anilines is 1. The van der Waals surface area contributed by atoms with E-state index in [-0.39, 0.29) is 0 Å². The fourth-order valence-corrected chi connectivity index (χ4v) is 2.41. The number of hydrogen-bond acceptors (Lipinski definition) is 5. The molecule has 1 aliphatic rings. The van der Waals surface area contributed by atoms with Crippen LogP contribution < -0.4 is 9.64 Å². The molecule has 0 atom stereocenters. The number of aliphatic hydroxyl groups is 1. The second-order valence-corrected chi connectivity index (χ2v) is 4.90. The van der Waals surface area contributed by atoms with E-state index in [4.69, 9.17) is 4.74 Å². The number of hydrogen-bond donors (Lipinski definition) is 1. The van der Waals surface area contributed by atoms with Crippen molar-refractivity contribution in [3.05, 3.63) is 48.3 Å². The molecule has 0 radical (unpaired) electrons. The zero-order valence-corrected chi connectivity index (χ0v) is 11.4. The molecular formula is C15H17N3O2. The van der Waals surface area contributed by atoms with Gasteiger partial charge < -0.3 is 14.7 Å². The highest BCUT2D eigenvalue weighted by Crippen LogP contribution is 2.34. The number of benzene rings is 1. The normalized spacial score (nSPS) is 16.6. The molecule has 1 aromatic heterocycles. The van der Waals surface area contributed by atoms with Gasteiger partial charge in [-0.3, -0.25) is 0 Å². The van der Waals surface area contributed by atoms with Gasteiger partial charge in [-0.15, -0.1) is 0 Å². The smallest absolute Gasteiger partial charge is 0.218 e. The van der Waals surface area contributed by atoms with Crippen molar-refractivity contribution in [2.45, 2.75) is 12.5 Å². The van der Waals surface area contributed by atoms with Crippen LogP contribution >= 0.6 is 0 Å².